The molecule has 4 heteroatoms. The van der Waals surface area contributed by atoms with Crippen molar-refractivity contribution in [2.75, 3.05) is 13.6 Å². The van der Waals surface area contributed by atoms with Gasteiger partial charge in [-0.2, -0.15) is 0 Å². The second-order valence-electron chi connectivity index (χ2n) is 3.14. The standard InChI is InChI=1S/C10H16N4/c1-3-4-8-14(2)13-12-10-6-5-7-11-9-10/h5-7,9H,3-4,8H2,1-2H3. The summed E-state index contributed by atoms with van der Waals surface area (Å²) in [4.78, 5) is 3.95. The zero-order valence-electron chi connectivity index (χ0n) is 8.72. The second-order valence-corrected chi connectivity index (χ2v) is 3.14. The summed E-state index contributed by atoms with van der Waals surface area (Å²) in [5.74, 6) is 0. The van der Waals surface area contributed by atoms with Crippen LogP contribution in [0.4, 0.5) is 5.69 Å². The van der Waals surface area contributed by atoms with E-state index in [9.17, 15) is 0 Å². The molecule has 0 spiro atoms. The summed E-state index contributed by atoms with van der Waals surface area (Å²) in [6.07, 6.45) is 5.73. The van der Waals surface area contributed by atoms with Gasteiger partial charge in [0.25, 0.3) is 0 Å². The number of unbranched alkanes of at least 4 members (excludes halogenated alkanes) is 1. The van der Waals surface area contributed by atoms with Gasteiger partial charge in [0.2, 0.25) is 0 Å². The Morgan fingerprint density at radius 2 is 2.36 bits per heavy atom. The summed E-state index contributed by atoms with van der Waals surface area (Å²) in [6.45, 7) is 3.10. The van der Waals surface area contributed by atoms with Crippen LogP contribution in [0.15, 0.2) is 34.9 Å². The Labute approximate surface area is 84.7 Å². The minimum absolute atomic E-state index is 0.788. The number of aromatic nitrogens is 1. The molecule has 1 aromatic heterocycles. The molecule has 0 fully saturated rings. The molecule has 0 atom stereocenters. The third kappa shape index (κ3) is 3.98. The summed E-state index contributed by atoms with van der Waals surface area (Å²) in [5, 5.41) is 9.94. The Morgan fingerprint density at radius 3 is 3.00 bits per heavy atom. The molecule has 0 aliphatic rings. The predicted octanol–water partition coefficient (Wildman–Crippen LogP) is 2.81. The van der Waals surface area contributed by atoms with Gasteiger partial charge in [-0.25, -0.2) is 0 Å². The van der Waals surface area contributed by atoms with Crippen LogP contribution < -0.4 is 0 Å². The molecule has 14 heavy (non-hydrogen) atoms. The van der Waals surface area contributed by atoms with E-state index in [1.54, 1.807) is 12.4 Å². The third-order valence-electron chi connectivity index (χ3n) is 1.79. The molecule has 0 saturated heterocycles. The van der Waals surface area contributed by atoms with Gasteiger partial charge in [-0.05, 0) is 18.6 Å². The molecule has 0 N–H and O–H groups in total. The second kappa shape index (κ2) is 6.07. The van der Waals surface area contributed by atoms with Crippen molar-refractivity contribution in [1.82, 2.24) is 9.99 Å². The molecule has 1 aromatic rings. The molecule has 0 aromatic carbocycles. The van der Waals surface area contributed by atoms with Crippen molar-refractivity contribution < 1.29 is 0 Å². The van der Waals surface area contributed by atoms with Gasteiger partial charge in [-0.15, -0.1) is 5.11 Å². The van der Waals surface area contributed by atoms with E-state index in [0.717, 1.165) is 18.7 Å². The molecular formula is C10H16N4. The maximum absolute atomic E-state index is 4.05. The maximum Gasteiger partial charge on any atom is 0.106 e. The highest BCUT2D eigenvalue weighted by molar-refractivity contribution is 5.30. The lowest BCUT2D eigenvalue weighted by molar-refractivity contribution is 0.325. The van der Waals surface area contributed by atoms with Gasteiger partial charge in [0.15, 0.2) is 0 Å². The lowest BCUT2D eigenvalue weighted by Crippen LogP contribution is -2.10. The summed E-state index contributed by atoms with van der Waals surface area (Å²) < 4.78 is 0. The normalized spacial score (nSPS) is 10.7. The van der Waals surface area contributed by atoms with Crippen molar-refractivity contribution in [3.8, 4) is 0 Å². The highest BCUT2D eigenvalue weighted by Gasteiger charge is 1.91. The first-order valence-electron chi connectivity index (χ1n) is 4.85. The van der Waals surface area contributed by atoms with Crippen LogP contribution in [0.5, 0.6) is 0 Å². The molecule has 0 aliphatic heterocycles. The van der Waals surface area contributed by atoms with Crippen molar-refractivity contribution in [3.63, 3.8) is 0 Å². The fourth-order valence-electron chi connectivity index (χ4n) is 0.973. The van der Waals surface area contributed by atoms with E-state index in [0.29, 0.717) is 0 Å². The quantitative estimate of drug-likeness (QED) is 0.531. The van der Waals surface area contributed by atoms with Crippen LogP contribution in [0.25, 0.3) is 0 Å². The van der Waals surface area contributed by atoms with E-state index in [1.807, 2.05) is 24.2 Å². The average Bonchev–Trinajstić information content (AvgIpc) is 2.25. The smallest absolute Gasteiger partial charge is 0.106 e. The molecule has 1 heterocycles. The first-order chi connectivity index (χ1) is 6.83. The number of rotatable bonds is 5. The van der Waals surface area contributed by atoms with Gasteiger partial charge in [0.1, 0.15) is 5.69 Å². The molecule has 0 bridgehead atoms. The summed E-state index contributed by atoms with van der Waals surface area (Å²) in [6, 6.07) is 3.73. The fourth-order valence-corrected chi connectivity index (χ4v) is 0.973. The molecule has 0 saturated carbocycles. The Hall–Kier alpha value is -1.45. The van der Waals surface area contributed by atoms with E-state index >= 15 is 0 Å². The largest absolute Gasteiger partial charge is 0.282 e. The maximum atomic E-state index is 4.05. The van der Waals surface area contributed by atoms with Crippen molar-refractivity contribution in [3.05, 3.63) is 24.5 Å². The topological polar surface area (TPSA) is 40.9 Å². The highest BCUT2D eigenvalue weighted by atomic mass is 15.5. The Kier molecular flexibility index (Phi) is 4.61. The van der Waals surface area contributed by atoms with E-state index in [1.165, 1.54) is 6.42 Å². The van der Waals surface area contributed by atoms with Crippen LogP contribution in [0, 0.1) is 0 Å². The Morgan fingerprint density at radius 1 is 1.50 bits per heavy atom. The molecule has 1 rings (SSSR count). The predicted molar refractivity (Wildman–Crippen MR) is 56.3 cm³/mol. The number of pyridine rings is 1. The molecule has 4 nitrogen and oxygen atoms in total. The van der Waals surface area contributed by atoms with Crippen LogP contribution in [0.3, 0.4) is 0 Å². The zero-order valence-corrected chi connectivity index (χ0v) is 8.72. The SMILES string of the molecule is CCCCN(C)N=Nc1cccnc1. The van der Waals surface area contributed by atoms with Crippen molar-refractivity contribution in [2.24, 2.45) is 10.3 Å². The van der Waals surface area contributed by atoms with Crippen LogP contribution in [-0.2, 0) is 0 Å². The Bertz CT molecular complexity index is 271. The summed E-state index contributed by atoms with van der Waals surface area (Å²) in [7, 11) is 1.93. The van der Waals surface area contributed by atoms with Crippen LogP contribution in [-0.4, -0.2) is 23.6 Å². The van der Waals surface area contributed by atoms with Crippen LogP contribution in [0.2, 0.25) is 0 Å². The van der Waals surface area contributed by atoms with Gasteiger partial charge < -0.3 is 0 Å². The zero-order chi connectivity index (χ0) is 10.2. The lowest BCUT2D eigenvalue weighted by atomic mass is 10.3. The monoisotopic (exact) mass is 192 g/mol. The molecule has 76 valence electrons. The number of hydrogen-bond donors (Lipinski definition) is 0. The fraction of sp³-hybridized carbons (Fsp3) is 0.500. The molecular weight excluding hydrogens is 176 g/mol. The first-order valence-corrected chi connectivity index (χ1v) is 4.85. The molecule has 0 amide bonds. The van der Waals surface area contributed by atoms with Gasteiger partial charge in [0, 0.05) is 19.8 Å². The Balaban J connectivity index is 2.39. The van der Waals surface area contributed by atoms with Gasteiger partial charge >= 0.3 is 0 Å². The highest BCUT2D eigenvalue weighted by Crippen LogP contribution is 2.08. The van der Waals surface area contributed by atoms with E-state index in [2.05, 4.69) is 22.2 Å². The van der Waals surface area contributed by atoms with Crippen molar-refractivity contribution in [2.45, 2.75) is 19.8 Å². The summed E-state index contributed by atoms with van der Waals surface area (Å²) >= 11 is 0. The van der Waals surface area contributed by atoms with E-state index in [4.69, 9.17) is 0 Å². The molecule has 0 unspecified atom stereocenters. The van der Waals surface area contributed by atoms with Gasteiger partial charge in [-0.3, -0.25) is 9.99 Å². The third-order valence-corrected chi connectivity index (χ3v) is 1.79. The molecule has 0 aliphatic carbocycles. The summed E-state index contributed by atoms with van der Waals surface area (Å²) in [5.41, 5.74) is 0.788. The first kappa shape index (κ1) is 10.6. The minimum atomic E-state index is 0.788. The van der Waals surface area contributed by atoms with Crippen LogP contribution in [0.1, 0.15) is 19.8 Å². The van der Waals surface area contributed by atoms with E-state index in [-0.39, 0.29) is 0 Å². The lowest BCUT2D eigenvalue weighted by Gasteiger charge is -2.09. The van der Waals surface area contributed by atoms with Gasteiger partial charge in [0.05, 0.1) is 6.20 Å². The van der Waals surface area contributed by atoms with Crippen molar-refractivity contribution in [1.29, 1.82) is 0 Å². The number of nitrogens with zero attached hydrogens (tertiary/aromatic N) is 4. The average molecular weight is 192 g/mol. The minimum Gasteiger partial charge on any atom is -0.282 e. The molecule has 0 radical (unpaired) electrons. The van der Waals surface area contributed by atoms with Crippen LogP contribution >= 0.6 is 0 Å². The van der Waals surface area contributed by atoms with Gasteiger partial charge in [-0.1, -0.05) is 18.6 Å². The van der Waals surface area contributed by atoms with Crippen molar-refractivity contribution >= 4 is 5.69 Å². The van der Waals surface area contributed by atoms with E-state index < -0.39 is 0 Å². The number of hydrogen-bond acceptors (Lipinski definition) is 3.